The highest BCUT2D eigenvalue weighted by atomic mass is 16.5. The standard InChI is InChI=1S/C17H24N2O3/c1-16(2)13-4-5-19(15(21)12-8-22-9-12)10-17(13,3)6-11(7-18)14(16)20/h6,12-14,20H,4-5,8-10H2,1-3H3/t13-,14?,17+/m0/s1. The van der Waals surface area contributed by atoms with Gasteiger partial charge in [0.1, 0.15) is 0 Å². The molecule has 0 aromatic rings. The van der Waals surface area contributed by atoms with Crippen molar-refractivity contribution in [3.8, 4) is 6.07 Å². The number of fused-ring (bicyclic) bond motifs is 1. The molecule has 0 aromatic carbocycles. The Kier molecular flexibility index (Phi) is 3.58. The molecule has 1 aliphatic carbocycles. The van der Waals surface area contributed by atoms with E-state index in [1.807, 2.05) is 24.8 Å². The van der Waals surface area contributed by atoms with Crippen LogP contribution in [0.2, 0.25) is 0 Å². The zero-order chi connectivity index (χ0) is 16.1. The molecule has 120 valence electrons. The van der Waals surface area contributed by atoms with E-state index >= 15 is 0 Å². The average molecular weight is 304 g/mol. The van der Waals surface area contributed by atoms with Gasteiger partial charge in [0.2, 0.25) is 5.91 Å². The third-order valence-electron chi connectivity index (χ3n) is 5.83. The molecule has 0 saturated carbocycles. The smallest absolute Gasteiger partial charge is 0.230 e. The van der Waals surface area contributed by atoms with Crippen molar-refractivity contribution < 1.29 is 14.6 Å². The maximum absolute atomic E-state index is 12.5. The number of rotatable bonds is 1. The monoisotopic (exact) mass is 304 g/mol. The number of piperidine rings is 1. The molecule has 22 heavy (non-hydrogen) atoms. The van der Waals surface area contributed by atoms with E-state index < -0.39 is 6.10 Å². The second-order valence-electron chi connectivity index (χ2n) is 7.78. The van der Waals surface area contributed by atoms with Crippen molar-refractivity contribution in [3.63, 3.8) is 0 Å². The van der Waals surface area contributed by atoms with Gasteiger partial charge >= 0.3 is 0 Å². The maximum Gasteiger partial charge on any atom is 0.230 e. The Balaban J connectivity index is 1.88. The van der Waals surface area contributed by atoms with Crippen molar-refractivity contribution in [2.45, 2.75) is 33.3 Å². The molecule has 1 amide bonds. The van der Waals surface area contributed by atoms with Crippen molar-refractivity contribution in [3.05, 3.63) is 11.6 Å². The topological polar surface area (TPSA) is 73.6 Å². The van der Waals surface area contributed by atoms with Crippen molar-refractivity contribution in [2.24, 2.45) is 22.7 Å². The average Bonchev–Trinajstić information content (AvgIpc) is 2.40. The zero-order valence-electron chi connectivity index (χ0n) is 13.5. The minimum atomic E-state index is -0.724. The van der Waals surface area contributed by atoms with Gasteiger partial charge in [-0.2, -0.15) is 5.26 Å². The van der Waals surface area contributed by atoms with Gasteiger partial charge in [-0.3, -0.25) is 4.79 Å². The third kappa shape index (κ3) is 2.17. The highest BCUT2D eigenvalue weighted by Gasteiger charge is 2.54. The van der Waals surface area contributed by atoms with Crippen molar-refractivity contribution in [2.75, 3.05) is 26.3 Å². The Morgan fingerprint density at radius 1 is 1.45 bits per heavy atom. The van der Waals surface area contributed by atoms with Gasteiger partial charge in [0, 0.05) is 18.5 Å². The van der Waals surface area contributed by atoms with Crippen LogP contribution in [0.5, 0.6) is 0 Å². The van der Waals surface area contributed by atoms with E-state index in [1.54, 1.807) is 0 Å². The van der Waals surface area contributed by atoms with Crippen molar-refractivity contribution in [1.29, 1.82) is 5.26 Å². The number of aliphatic hydroxyl groups excluding tert-OH is 1. The molecule has 2 heterocycles. The summed E-state index contributed by atoms with van der Waals surface area (Å²) < 4.78 is 5.12. The maximum atomic E-state index is 12.5. The number of nitriles is 1. The highest BCUT2D eigenvalue weighted by Crippen LogP contribution is 2.53. The number of carbonyl (C=O) groups excluding carboxylic acids is 1. The fraction of sp³-hybridized carbons (Fsp3) is 0.765. The molecule has 1 N–H and O–H groups in total. The summed E-state index contributed by atoms with van der Waals surface area (Å²) in [5.41, 5.74) is -0.180. The molecule has 2 aliphatic heterocycles. The first-order valence-electron chi connectivity index (χ1n) is 7.97. The normalized spacial score (nSPS) is 37.6. The van der Waals surface area contributed by atoms with Crippen LogP contribution in [0.15, 0.2) is 11.6 Å². The Morgan fingerprint density at radius 2 is 2.14 bits per heavy atom. The molecular weight excluding hydrogens is 280 g/mol. The first kappa shape index (κ1) is 15.5. The van der Waals surface area contributed by atoms with Crippen LogP contribution in [0.4, 0.5) is 0 Å². The Labute approximate surface area is 131 Å². The largest absolute Gasteiger partial charge is 0.387 e. The number of carbonyl (C=O) groups is 1. The second kappa shape index (κ2) is 5.07. The molecule has 0 radical (unpaired) electrons. The van der Waals surface area contributed by atoms with Gasteiger partial charge in [-0.25, -0.2) is 0 Å². The lowest BCUT2D eigenvalue weighted by atomic mass is 9.54. The van der Waals surface area contributed by atoms with Gasteiger partial charge in [0.25, 0.3) is 0 Å². The predicted octanol–water partition coefficient (Wildman–Crippen LogP) is 1.34. The van der Waals surface area contributed by atoms with Crippen LogP contribution in [0, 0.1) is 34.0 Å². The molecule has 0 spiro atoms. The summed E-state index contributed by atoms with van der Waals surface area (Å²) in [7, 11) is 0. The third-order valence-corrected chi connectivity index (χ3v) is 5.83. The second-order valence-corrected chi connectivity index (χ2v) is 7.78. The Hall–Kier alpha value is -1.38. The number of amides is 1. The lowest BCUT2D eigenvalue weighted by molar-refractivity contribution is -0.156. The number of ether oxygens (including phenoxy) is 1. The molecular formula is C17H24N2O3. The number of hydrogen-bond donors (Lipinski definition) is 1. The van der Waals surface area contributed by atoms with Crippen LogP contribution in [-0.4, -0.2) is 48.3 Å². The minimum Gasteiger partial charge on any atom is -0.387 e. The van der Waals surface area contributed by atoms with Crippen LogP contribution in [-0.2, 0) is 9.53 Å². The minimum absolute atomic E-state index is 0.00163. The quantitative estimate of drug-likeness (QED) is 0.793. The first-order valence-corrected chi connectivity index (χ1v) is 7.97. The predicted molar refractivity (Wildman–Crippen MR) is 80.6 cm³/mol. The lowest BCUT2D eigenvalue weighted by Gasteiger charge is -2.55. The summed E-state index contributed by atoms with van der Waals surface area (Å²) in [6.45, 7) is 8.57. The summed E-state index contributed by atoms with van der Waals surface area (Å²) in [5.74, 6) is 0.428. The Bertz CT molecular complexity index is 559. The molecule has 5 nitrogen and oxygen atoms in total. The van der Waals surface area contributed by atoms with Gasteiger partial charge in [-0.05, 0) is 17.8 Å². The van der Waals surface area contributed by atoms with E-state index in [2.05, 4.69) is 13.0 Å². The number of nitrogens with zero attached hydrogens (tertiary/aromatic N) is 2. The molecule has 3 rings (SSSR count). The lowest BCUT2D eigenvalue weighted by Crippen LogP contribution is -2.59. The molecule has 2 saturated heterocycles. The van der Waals surface area contributed by atoms with E-state index in [9.17, 15) is 15.2 Å². The van der Waals surface area contributed by atoms with Gasteiger partial charge in [-0.15, -0.1) is 0 Å². The summed E-state index contributed by atoms with van der Waals surface area (Å²) >= 11 is 0. The van der Waals surface area contributed by atoms with Crippen LogP contribution in [0.3, 0.4) is 0 Å². The summed E-state index contributed by atoms with van der Waals surface area (Å²) in [6, 6.07) is 2.14. The molecule has 0 bridgehead atoms. The van der Waals surface area contributed by atoms with E-state index in [0.717, 1.165) is 13.0 Å². The van der Waals surface area contributed by atoms with Crippen molar-refractivity contribution in [1.82, 2.24) is 4.90 Å². The number of likely N-dealkylation sites (tertiary alicyclic amines) is 1. The Morgan fingerprint density at radius 3 is 2.68 bits per heavy atom. The van der Waals surface area contributed by atoms with E-state index in [0.29, 0.717) is 25.3 Å². The summed E-state index contributed by atoms with van der Waals surface area (Å²) in [4.78, 5) is 14.4. The van der Waals surface area contributed by atoms with Crippen LogP contribution >= 0.6 is 0 Å². The van der Waals surface area contributed by atoms with Crippen LogP contribution < -0.4 is 0 Å². The van der Waals surface area contributed by atoms with Gasteiger partial charge in [0.15, 0.2) is 0 Å². The van der Waals surface area contributed by atoms with Gasteiger partial charge in [-0.1, -0.05) is 26.8 Å². The van der Waals surface area contributed by atoms with Crippen LogP contribution in [0.25, 0.3) is 0 Å². The molecule has 1 unspecified atom stereocenters. The van der Waals surface area contributed by atoms with Crippen molar-refractivity contribution >= 4 is 5.91 Å². The fourth-order valence-corrected chi connectivity index (χ4v) is 4.53. The molecule has 3 aliphatic rings. The molecule has 3 atom stereocenters. The van der Waals surface area contributed by atoms with E-state index in [1.165, 1.54) is 0 Å². The summed E-state index contributed by atoms with van der Waals surface area (Å²) in [6.07, 6.45) is 2.04. The fourth-order valence-electron chi connectivity index (χ4n) is 4.53. The van der Waals surface area contributed by atoms with E-state index in [4.69, 9.17) is 4.74 Å². The van der Waals surface area contributed by atoms with E-state index in [-0.39, 0.29) is 28.6 Å². The van der Waals surface area contributed by atoms with Gasteiger partial charge in [0.05, 0.1) is 36.9 Å². The van der Waals surface area contributed by atoms with Gasteiger partial charge < -0.3 is 14.7 Å². The number of aliphatic hydroxyl groups is 1. The summed E-state index contributed by atoms with van der Waals surface area (Å²) in [5, 5.41) is 19.8. The van der Waals surface area contributed by atoms with Crippen LogP contribution in [0.1, 0.15) is 27.2 Å². The molecule has 2 fully saturated rings. The highest BCUT2D eigenvalue weighted by molar-refractivity contribution is 5.80. The number of hydrogen-bond acceptors (Lipinski definition) is 4. The zero-order valence-corrected chi connectivity index (χ0v) is 13.5. The molecule has 5 heteroatoms. The first-order chi connectivity index (χ1) is 10.3. The SMILES string of the molecule is CC1(C)C(O)C(C#N)=C[C@]2(C)CN(C(=O)C3COC3)CC[C@@H]12. The molecule has 0 aromatic heterocycles.